The van der Waals surface area contributed by atoms with Crippen LogP contribution in [0.3, 0.4) is 0 Å². The van der Waals surface area contributed by atoms with E-state index in [9.17, 15) is 39.5 Å². The van der Waals surface area contributed by atoms with E-state index in [4.69, 9.17) is 23.7 Å². The summed E-state index contributed by atoms with van der Waals surface area (Å²) in [5, 5.41) is 0. The third-order valence-corrected chi connectivity index (χ3v) is 16.0. The molecule has 5 unspecified atom stereocenters. The number of aryl methyl sites for hydroxylation is 1. The Morgan fingerprint density at radius 2 is 1.40 bits per heavy atom. The van der Waals surface area contributed by atoms with Crippen LogP contribution in [0.25, 0.3) is 0 Å². The summed E-state index contributed by atoms with van der Waals surface area (Å²) >= 11 is 0. The Hall–Kier alpha value is -2.21. The zero-order valence-corrected chi connectivity index (χ0v) is 40.0. The molecule has 3 aliphatic carbocycles. The van der Waals surface area contributed by atoms with Crippen LogP contribution in [0.5, 0.6) is 11.5 Å². The van der Waals surface area contributed by atoms with E-state index in [0.717, 1.165) is 35.5 Å². The molecule has 3 aliphatic rings. The monoisotopic (exact) mass is 1030 g/mol. The summed E-state index contributed by atoms with van der Waals surface area (Å²) in [6, 6.07) is 4.84. The van der Waals surface area contributed by atoms with Crippen molar-refractivity contribution in [2.45, 2.75) is 114 Å². The van der Waals surface area contributed by atoms with E-state index in [1.807, 2.05) is 6.92 Å². The van der Waals surface area contributed by atoms with Crippen LogP contribution in [0, 0.1) is 46.4 Å². The molecule has 22 heteroatoms. The van der Waals surface area contributed by atoms with E-state index in [0.29, 0.717) is 83.8 Å². The molecule has 7 nitrogen and oxygen atoms in total. The number of alkyl halides is 9. The molecule has 388 valence electrons. The maximum Gasteiger partial charge on any atom is 0.435 e. The van der Waals surface area contributed by atoms with Gasteiger partial charge < -0.3 is 33.3 Å². The molecule has 0 spiro atoms. The third kappa shape index (κ3) is 13.1. The SMILES string of the molecule is COCC(CCCOCCSSCCCN(C)Cc1c(F)c(F)c(Oc2ccc3c(c2)CCC2C3CCC3(C)C(OCCCOC(C(F)(F)F)(C(F)(F)F)C(F)(F)F)CCC23)c(F)c1F)COC. The highest BCUT2D eigenvalue weighted by Crippen LogP contribution is 2.62. The van der Waals surface area contributed by atoms with Crippen LogP contribution in [-0.4, -0.2) is 114 Å². The van der Waals surface area contributed by atoms with Gasteiger partial charge in [0.2, 0.25) is 17.4 Å². The quantitative estimate of drug-likeness (QED) is 0.0397. The molecule has 0 amide bonds. The van der Waals surface area contributed by atoms with Crippen LogP contribution in [0.4, 0.5) is 57.1 Å². The zero-order chi connectivity index (χ0) is 50.1. The van der Waals surface area contributed by atoms with Gasteiger partial charge in [-0.05, 0) is 124 Å². The number of halogens is 13. The summed E-state index contributed by atoms with van der Waals surface area (Å²) < 4.78 is 212. The number of fused-ring (bicyclic) bond motifs is 5. The molecule has 0 saturated heterocycles. The molecular weight excluding hydrogens is 974 g/mol. The van der Waals surface area contributed by atoms with Gasteiger partial charge in [-0.15, -0.1) is 0 Å². The van der Waals surface area contributed by atoms with Crippen molar-refractivity contribution in [1.29, 1.82) is 0 Å². The molecule has 2 saturated carbocycles. The van der Waals surface area contributed by atoms with E-state index < -0.39 is 89.9 Å². The van der Waals surface area contributed by atoms with Gasteiger partial charge in [-0.3, -0.25) is 0 Å². The first kappa shape index (κ1) is 56.7. The fourth-order valence-electron chi connectivity index (χ4n) is 10.3. The largest absolute Gasteiger partial charge is 0.451 e. The van der Waals surface area contributed by atoms with Crippen LogP contribution in [0.2, 0.25) is 0 Å². The normalized spacial score (nSPS) is 22.2. The fraction of sp³-hybridized carbons (Fsp3) is 0.739. The van der Waals surface area contributed by atoms with Crippen LogP contribution in [0.1, 0.15) is 87.3 Å². The highest BCUT2D eigenvalue weighted by atomic mass is 33.1. The first-order chi connectivity index (χ1) is 32.0. The predicted octanol–water partition coefficient (Wildman–Crippen LogP) is 13.0. The second-order valence-corrected chi connectivity index (χ2v) is 20.8. The summed E-state index contributed by atoms with van der Waals surface area (Å²) in [5.74, 6) is -5.46. The lowest BCUT2D eigenvalue weighted by Gasteiger charge is -2.50. The average Bonchev–Trinajstić information content (AvgIpc) is 3.60. The van der Waals surface area contributed by atoms with Gasteiger partial charge in [0.1, 0.15) is 5.75 Å². The molecule has 5 atom stereocenters. The van der Waals surface area contributed by atoms with E-state index in [1.54, 1.807) is 59.9 Å². The molecule has 2 aromatic carbocycles. The maximum absolute atomic E-state index is 15.4. The summed E-state index contributed by atoms with van der Waals surface area (Å²) in [4.78, 5) is 1.58. The molecule has 2 aromatic rings. The molecule has 68 heavy (non-hydrogen) atoms. The van der Waals surface area contributed by atoms with Gasteiger partial charge in [0.05, 0.1) is 32.5 Å². The highest BCUT2D eigenvalue weighted by molar-refractivity contribution is 8.76. The van der Waals surface area contributed by atoms with E-state index in [-0.39, 0.29) is 30.0 Å². The third-order valence-electron chi connectivity index (χ3n) is 13.6. The van der Waals surface area contributed by atoms with Crippen molar-refractivity contribution in [1.82, 2.24) is 4.90 Å². The van der Waals surface area contributed by atoms with Crippen LogP contribution in [-0.2, 0) is 36.6 Å². The topological polar surface area (TPSA) is 58.6 Å². The van der Waals surface area contributed by atoms with Gasteiger partial charge in [-0.2, -0.15) is 48.3 Å². The maximum atomic E-state index is 15.4. The standard InChI is InChI=1S/C46H60F13NO6S2/c1-42-16-15-32-31-12-10-30(24-29(31)9-11-33(32)35(42)13-14-36(42)64-19-7-20-65-43(44(51,52)53,45(54,55)56)46(57,58)59)66-41-39(49)37(47)34(38(48)40(41)50)25-60(2)17-6-22-67-68-23-21-63-18-5-8-28(26-61-3)27-62-4/h10,12,24,28,32-33,35-36H,5-9,11,13-23,25-27H2,1-4H3. The van der Waals surface area contributed by atoms with Crippen molar-refractivity contribution in [3.8, 4) is 11.5 Å². The minimum absolute atomic E-state index is 0.0171. The molecule has 0 N–H and O–H groups in total. The lowest BCUT2D eigenvalue weighted by atomic mass is 9.55. The minimum atomic E-state index is -6.81. The van der Waals surface area contributed by atoms with E-state index in [1.165, 1.54) is 6.07 Å². The first-order valence-corrected chi connectivity index (χ1v) is 25.1. The van der Waals surface area contributed by atoms with E-state index >= 15 is 17.6 Å². The highest BCUT2D eigenvalue weighted by Gasteiger charge is 2.85. The lowest BCUT2D eigenvalue weighted by Crippen LogP contribution is -2.67. The average molecular weight is 1030 g/mol. The van der Waals surface area contributed by atoms with Gasteiger partial charge in [0.15, 0.2) is 11.6 Å². The first-order valence-electron chi connectivity index (χ1n) is 22.6. The number of benzene rings is 2. The molecule has 2 fully saturated rings. The van der Waals surface area contributed by atoms with Crippen molar-refractivity contribution in [3.05, 3.63) is 58.2 Å². The van der Waals surface area contributed by atoms with Crippen LogP contribution in [0.15, 0.2) is 18.2 Å². The smallest absolute Gasteiger partial charge is 0.435 e. The molecule has 0 bridgehead atoms. The Bertz CT molecular complexity index is 1850. The fourth-order valence-corrected chi connectivity index (χ4v) is 12.2. The Balaban J connectivity index is 1.08. The molecule has 0 heterocycles. The number of hydrogen-bond donors (Lipinski definition) is 0. The minimum Gasteiger partial charge on any atom is -0.451 e. The number of methoxy groups -OCH3 is 2. The summed E-state index contributed by atoms with van der Waals surface area (Å²) in [5.41, 5.74) is -5.72. The Morgan fingerprint density at radius 1 is 0.750 bits per heavy atom. The van der Waals surface area contributed by atoms with E-state index in [2.05, 4.69) is 4.74 Å². The van der Waals surface area contributed by atoms with Crippen molar-refractivity contribution >= 4 is 21.6 Å². The van der Waals surface area contributed by atoms with Crippen molar-refractivity contribution in [2.24, 2.45) is 23.2 Å². The second-order valence-electron chi connectivity index (χ2n) is 18.1. The summed E-state index contributed by atoms with van der Waals surface area (Å²) in [6.07, 6.45) is -15.3. The summed E-state index contributed by atoms with van der Waals surface area (Å²) in [6.45, 7) is 2.64. The number of nitrogens with zero attached hydrogens (tertiary/aromatic N) is 1. The molecule has 5 rings (SSSR count). The molecule has 0 aromatic heterocycles. The van der Waals surface area contributed by atoms with Crippen LogP contribution < -0.4 is 4.74 Å². The van der Waals surface area contributed by atoms with Gasteiger partial charge in [0, 0.05) is 57.0 Å². The van der Waals surface area contributed by atoms with Gasteiger partial charge in [0.25, 0.3) is 0 Å². The lowest BCUT2D eigenvalue weighted by molar-refractivity contribution is -0.457. The van der Waals surface area contributed by atoms with Gasteiger partial charge in [-0.25, -0.2) is 8.78 Å². The van der Waals surface area contributed by atoms with Gasteiger partial charge >= 0.3 is 24.1 Å². The zero-order valence-electron chi connectivity index (χ0n) is 38.4. The Morgan fingerprint density at radius 3 is 2.03 bits per heavy atom. The molecule has 0 aliphatic heterocycles. The van der Waals surface area contributed by atoms with Gasteiger partial charge in [-0.1, -0.05) is 34.6 Å². The Labute approximate surface area is 396 Å². The number of rotatable bonds is 26. The second kappa shape index (κ2) is 24.5. The molecular formula is C46H60F13NO6S2. The summed E-state index contributed by atoms with van der Waals surface area (Å²) in [7, 11) is 8.21. The van der Waals surface area contributed by atoms with Crippen LogP contribution >= 0.6 is 21.6 Å². The van der Waals surface area contributed by atoms with Crippen molar-refractivity contribution in [3.63, 3.8) is 0 Å². The van der Waals surface area contributed by atoms with Crippen molar-refractivity contribution < 1.29 is 85.5 Å². The Kier molecular flexibility index (Phi) is 20.4. The molecule has 0 radical (unpaired) electrons. The van der Waals surface area contributed by atoms with Crippen molar-refractivity contribution in [2.75, 3.05) is 79.0 Å². The number of hydrogen-bond acceptors (Lipinski definition) is 9. The number of ether oxygens (including phenoxy) is 6. The predicted molar refractivity (Wildman–Crippen MR) is 232 cm³/mol.